The van der Waals surface area contributed by atoms with Gasteiger partial charge in [0, 0.05) is 31.3 Å². The molecule has 0 aromatic carbocycles. The molecule has 3 saturated heterocycles. The minimum absolute atomic E-state index is 0.536. The van der Waals surface area contributed by atoms with Crippen molar-refractivity contribution in [1.29, 1.82) is 0 Å². The summed E-state index contributed by atoms with van der Waals surface area (Å²) in [5.41, 5.74) is 0. The zero-order valence-electron chi connectivity index (χ0n) is 10.3. The van der Waals surface area contributed by atoms with E-state index in [0.717, 1.165) is 24.7 Å². The van der Waals surface area contributed by atoms with E-state index in [2.05, 4.69) is 17.3 Å². The summed E-state index contributed by atoms with van der Waals surface area (Å²) in [6.07, 6.45) is 8.61. The van der Waals surface area contributed by atoms with E-state index in [1.165, 1.54) is 45.1 Å². The van der Waals surface area contributed by atoms with E-state index >= 15 is 0 Å². The molecule has 3 rings (SSSR count). The summed E-state index contributed by atoms with van der Waals surface area (Å²) in [5, 5.41) is 3.46. The van der Waals surface area contributed by atoms with Crippen LogP contribution in [-0.4, -0.2) is 49.3 Å². The molecule has 3 heterocycles. The third kappa shape index (κ3) is 2.01. The highest BCUT2D eigenvalue weighted by Crippen LogP contribution is 2.36. The minimum atomic E-state index is 0.536. The first-order valence-corrected chi connectivity index (χ1v) is 6.91. The van der Waals surface area contributed by atoms with Crippen LogP contribution in [0.4, 0.5) is 0 Å². The Labute approximate surface area is 98.5 Å². The zero-order chi connectivity index (χ0) is 11.0. The molecule has 2 bridgehead atoms. The molecule has 0 aromatic heterocycles. The Morgan fingerprint density at radius 2 is 1.94 bits per heavy atom. The lowest BCUT2D eigenvalue weighted by Gasteiger charge is -2.39. The molecule has 0 aromatic rings. The van der Waals surface area contributed by atoms with Gasteiger partial charge in [0.25, 0.3) is 0 Å². The maximum atomic E-state index is 5.78. The van der Waals surface area contributed by atoms with Crippen molar-refractivity contribution in [3.8, 4) is 0 Å². The molecule has 3 aliphatic rings. The van der Waals surface area contributed by atoms with Gasteiger partial charge in [0.05, 0.1) is 6.10 Å². The molecule has 3 heteroatoms. The third-order valence-electron chi connectivity index (χ3n) is 4.73. The van der Waals surface area contributed by atoms with E-state index in [1.807, 2.05) is 0 Å². The molecular weight excluding hydrogens is 200 g/mol. The van der Waals surface area contributed by atoms with Gasteiger partial charge in [0.1, 0.15) is 0 Å². The van der Waals surface area contributed by atoms with Gasteiger partial charge in [-0.2, -0.15) is 0 Å². The number of piperidine rings is 1. The van der Waals surface area contributed by atoms with Crippen LogP contribution in [0.2, 0.25) is 0 Å². The van der Waals surface area contributed by atoms with Gasteiger partial charge in [0.15, 0.2) is 0 Å². The molecule has 0 radical (unpaired) electrons. The summed E-state index contributed by atoms with van der Waals surface area (Å²) in [4.78, 5) is 2.75. The lowest BCUT2D eigenvalue weighted by molar-refractivity contribution is 0.0343. The van der Waals surface area contributed by atoms with Crippen molar-refractivity contribution in [3.05, 3.63) is 0 Å². The Hall–Kier alpha value is -0.120. The topological polar surface area (TPSA) is 24.5 Å². The number of rotatable bonds is 3. The van der Waals surface area contributed by atoms with Gasteiger partial charge in [0.2, 0.25) is 0 Å². The standard InChI is InChI=1S/C13H24N2O/c1-14-10-7-11-4-5-12(8-10)15(11)9-13-3-2-6-16-13/h10-14H,2-9H2,1H3. The smallest absolute Gasteiger partial charge is 0.0703 e. The van der Waals surface area contributed by atoms with Gasteiger partial charge < -0.3 is 10.1 Å². The molecule has 3 aliphatic heterocycles. The molecule has 0 amide bonds. The summed E-state index contributed by atoms with van der Waals surface area (Å²) < 4.78 is 5.78. The first-order chi connectivity index (χ1) is 7.86. The summed E-state index contributed by atoms with van der Waals surface area (Å²) in [7, 11) is 2.11. The second kappa shape index (κ2) is 4.63. The third-order valence-corrected chi connectivity index (χ3v) is 4.73. The molecule has 3 unspecified atom stereocenters. The van der Waals surface area contributed by atoms with Crippen LogP contribution in [0.5, 0.6) is 0 Å². The second-order valence-electron chi connectivity index (χ2n) is 5.67. The number of hydrogen-bond acceptors (Lipinski definition) is 3. The summed E-state index contributed by atoms with van der Waals surface area (Å²) in [6, 6.07) is 2.43. The molecule has 3 fully saturated rings. The van der Waals surface area contributed by atoms with Gasteiger partial charge >= 0.3 is 0 Å². The molecule has 0 aliphatic carbocycles. The van der Waals surface area contributed by atoms with Crippen LogP contribution in [0.15, 0.2) is 0 Å². The van der Waals surface area contributed by atoms with E-state index in [4.69, 9.17) is 4.74 Å². The summed E-state index contributed by atoms with van der Waals surface area (Å²) in [6.45, 7) is 2.19. The maximum absolute atomic E-state index is 5.78. The molecule has 3 nitrogen and oxygen atoms in total. The van der Waals surface area contributed by atoms with Crippen molar-refractivity contribution in [3.63, 3.8) is 0 Å². The van der Waals surface area contributed by atoms with Crippen LogP contribution in [0.1, 0.15) is 38.5 Å². The fraction of sp³-hybridized carbons (Fsp3) is 1.00. The molecule has 0 saturated carbocycles. The van der Waals surface area contributed by atoms with Gasteiger partial charge in [-0.1, -0.05) is 0 Å². The number of fused-ring (bicyclic) bond motifs is 2. The van der Waals surface area contributed by atoms with Crippen LogP contribution < -0.4 is 5.32 Å². The maximum Gasteiger partial charge on any atom is 0.0703 e. The molecule has 92 valence electrons. The van der Waals surface area contributed by atoms with E-state index in [-0.39, 0.29) is 0 Å². The van der Waals surface area contributed by atoms with Crippen molar-refractivity contribution in [2.45, 2.75) is 62.8 Å². The van der Waals surface area contributed by atoms with Crippen molar-refractivity contribution in [2.75, 3.05) is 20.2 Å². The van der Waals surface area contributed by atoms with Crippen LogP contribution in [0.3, 0.4) is 0 Å². The highest BCUT2D eigenvalue weighted by Gasteiger charge is 2.41. The highest BCUT2D eigenvalue weighted by molar-refractivity contribution is 4.98. The van der Waals surface area contributed by atoms with Crippen molar-refractivity contribution < 1.29 is 4.74 Å². The predicted octanol–water partition coefficient (Wildman–Crippen LogP) is 1.38. The molecule has 16 heavy (non-hydrogen) atoms. The lowest BCUT2D eigenvalue weighted by atomic mass is 9.97. The average Bonchev–Trinajstić information content (AvgIpc) is 2.87. The Balaban J connectivity index is 1.60. The van der Waals surface area contributed by atoms with Crippen LogP contribution >= 0.6 is 0 Å². The average molecular weight is 224 g/mol. The zero-order valence-corrected chi connectivity index (χ0v) is 10.3. The van der Waals surface area contributed by atoms with E-state index in [1.54, 1.807) is 0 Å². The van der Waals surface area contributed by atoms with Gasteiger partial charge in [-0.25, -0.2) is 0 Å². The Bertz CT molecular complexity index is 226. The Morgan fingerprint density at radius 1 is 1.19 bits per heavy atom. The van der Waals surface area contributed by atoms with Gasteiger partial charge in [-0.3, -0.25) is 4.90 Å². The van der Waals surface area contributed by atoms with Crippen LogP contribution in [0, 0.1) is 0 Å². The normalized spacial score (nSPS) is 44.1. The SMILES string of the molecule is CNC1CC2CCC(C1)N2CC1CCCO1. The van der Waals surface area contributed by atoms with E-state index in [0.29, 0.717) is 6.10 Å². The number of hydrogen-bond donors (Lipinski definition) is 1. The molecule has 0 spiro atoms. The number of nitrogens with zero attached hydrogens (tertiary/aromatic N) is 1. The fourth-order valence-corrected chi connectivity index (χ4v) is 3.83. The van der Waals surface area contributed by atoms with Crippen molar-refractivity contribution in [1.82, 2.24) is 10.2 Å². The van der Waals surface area contributed by atoms with E-state index < -0.39 is 0 Å². The fourth-order valence-electron chi connectivity index (χ4n) is 3.83. The van der Waals surface area contributed by atoms with Crippen LogP contribution in [-0.2, 0) is 4.74 Å². The molecule has 3 atom stereocenters. The predicted molar refractivity (Wildman–Crippen MR) is 64.6 cm³/mol. The Kier molecular flexibility index (Phi) is 3.18. The minimum Gasteiger partial charge on any atom is -0.377 e. The van der Waals surface area contributed by atoms with Crippen LogP contribution in [0.25, 0.3) is 0 Å². The first-order valence-electron chi connectivity index (χ1n) is 6.91. The largest absolute Gasteiger partial charge is 0.377 e. The summed E-state index contributed by atoms with van der Waals surface area (Å²) >= 11 is 0. The quantitative estimate of drug-likeness (QED) is 0.784. The monoisotopic (exact) mass is 224 g/mol. The van der Waals surface area contributed by atoms with E-state index in [9.17, 15) is 0 Å². The highest BCUT2D eigenvalue weighted by atomic mass is 16.5. The van der Waals surface area contributed by atoms with Gasteiger partial charge in [-0.05, 0) is 45.6 Å². The Morgan fingerprint density at radius 3 is 2.50 bits per heavy atom. The first kappa shape index (κ1) is 11.0. The van der Waals surface area contributed by atoms with Crippen molar-refractivity contribution in [2.24, 2.45) is 0 Å². The van der Waals surface area contributed by atoms with Crippen molar-refractivity contribution >= 4 is 0 Å². The number of ether oxygens (including phenoxy) is 1. The molecular formula is C13H24N2O. The lowest BCUT2D eigenvalue weighted by Crippen LogP contribution is -2.50. The number of nitrogens with one attached hydrogen (secondary N) is 1. The second-order valence-corrected chi connectivity index (χ2v) is 5.67. The molecule has 1 N–H and O–H groups in total. The summed E-state index contributed by atoms with van der Waals surface area (Å²) in [5.74, 6) is 0. The van der Waals surface area contributed by atoms with Gasteiger partial charge in [-0.15, -0.1) is 0 Å².